The number of hydrogen-bond acceptors (Lipinski definition) is 4. The lowest BCUT2D eigenvalue weighted by atomic mass is 9.99. The van der Waals surface area contributed by atoms with Gasteiger partial charge >= 0.3 is 7.60 Å². The first-order valence-electron chi connectivity index (χ1n) is 10.4. The summed E-state index contributed by atoms with van der Waals surface area (Å²) < 4.78 is 17.1. The number of aryl methyl sites for hydroxylation is 1. The van der Waals surface area contributed by atoms with E-state index < -0.39 is 13.1 Å². The molecule has 0 heterocycles. The van der Waals surface area contributed by atoms with E-state index in [1.54, 1.807) is 0 Å². The summed E-state index contributed by atoms with van der Waals surface area (Å²) in [7, 11) is -4.89. The Morgan fingerprint density at radius 1 is 1.00 bits per heavy atom. The van der Waals surface area contributed by atoms with Crippen LogP contribution in [0, 0.1) is 6.92 Å². The summed E-state index contributed by atoms with van der Waals surface area (Å²) in [5.41, 5.74) is 0.325. The van der Waals surface area contributed by atoms with Crippen molar-refractivity contribution in [1.29, 1.82) is 0 Å². The summed E-state index contributed by atoms with van der Waals surface area (Å²) in [5, 5.41) is 10.2. The van der Waals surface area contributed by atoms with Crippen molar-refractivity contribution in [2.45, 2.75) is 58.8 Å². The molecule has 3 N–H and O–H groups in total. The summed E-state index contributed by atoms with van der Waals surface area (Å²) in [5.74, 6) is 0.760. The van der Waals surface area contributed by atoms with Crippen LogP contribution in [-0.4, -0.2) is 27.0 Å². The van der Waals surface area contributed by atoms with Gasteiger partial charge in [-0.15, -0.1) is 0 Å². The second-order valence-electron chi connectivity index (χ2n) is 7.58. The Morgan fingerprint density at radius 3 is 2.27 bits per heavy atom. The van der Waals surface area contributed by atoms with Crippen molar-refractivity contribution in [2.24, 2.45) is 0 Å². The zero-order valence-electron chi connectivity index (χ0n) is 17.6. The van der Waals surface area contributed by atoms with Crippen LogP contribution in [0.4, 0.5) is 0 Å². The molecule has 6 nitrogen and oxygen atoms in total. The molecule has 0 aliphatic carbocycles. The van der Waals surface area contributed by atoms with Crippen molar-refractivity contribution in [3.05, 3.63) is 58.7 Å². The van der Waals surface area contributed by atoms with Crippen LogP contribution < -0.4 is 4.74 Å². The Labute approximate surface area is 178 Å². The van der Waals surface area contributed by atoms with Gasteiger partial charge in [-0.05, 0) is 54.3 Å². The molecule has 2 aromatic carbocycles. The van der Waals surface area contributed by atoms with Crippen molar-refractivity contribution in [1.82, 2.24) is 0 Å². The first-order chi connectivity index (χ1) is 14.2. The molecule has 164 valence electrons. The van der Waals surface area contributed by atoms with E-state index in [4.69, 9.17) is 4.74 Å². The number of aromatic hydroxyl groups is 1. The molecule has 0 saturated heterocycles. The first kappa shape index (κ1) is 24.1. The quantitative estimate of drug-likeness (QED) is 0.307. The lowest BCUT2D eigenvalue weighted by Crippen LogP contribution is -2.04. The van der Waals surface area contributed by atoms with Crippen LogP contribution in [0.3, 0.4) is 0 Å². The lowest BCUT2D eigenvalue weighted by molar-refractivity contribution is 0.104. The fraction of sp³-hybridized carbons (Fsp3) is 0.435. The molecule has 2 aromatic rings. The minimum Gasteiger partial charge on any atom is -0.508 e. The molecule has 0 saturated carbocycles. The van der Waals surface area contributed by atoms with Crippen LogP contribution in [0.5, 0.6) is 11.5 Å². The van der Waals surface area contributed by atoms with Crippen LogP contribution >= 0.6 is 7.60 Å². The second-order valence-corrected chi connectivity index (χ2v) is 9.08. The largest absolute Gasteiger partial charge is 0.508 e. The van der Waals surface area contributed by atoms with E-state index in [2.05, 4.69) is 6.92 Å². The average Bonchev–Trinajstić information content (AvgIpc) is 2.69. The molecule has 0 aliphatic rings. The summed E-state index contributed by atoms with van der Waals surface area (Å²) >= 11 is 0. The van der Waals surface area contributed by atoms with Gasteiger partial charge in [0.1, 0.15) is 11.5 Å². The fourth-order valence-electron chi connectivity index (χ4n) is 3.26. The van der Waals surface area contributed by atoms with Gasteiger partial charge in [0.25, 0.3) is 5.52 Å². The molecule has 0 atom stereocenters. The van der Waals surface area contributed by atoms with E-state index in [1.165, 1.54) is 51.2 Å². The van der Waals surface area contributed by atoms with Gasteiger partial charge in [-0.1, -0.05) is 51.2 Å². The van der Waals surface area contributed by atoms with Crippen molar-refractivity contribution in [3.8, 4) is 11.5 Å². The number of rotatable bonds is 12. The standard InChI is InChI=1S/C23H31O6P/c1-3-4-5-6-7-8-13-29-20-11-9-18(10-12-20)15-19-16-21(17(2)14-22(19)24)23(25)30(26,27)28/h9-12,14,16,24H,3-8,13,15H2,1-2H3,(H2,26,27,28). The summed E-state index contributed by atoms with van der Waals surface area (Å²) in [4.78, 5) is 30.3. The summed E-state index contributed by atoms with van der Waals surface area (Å²) in [6.07, 6.45) is 7.56. The highest BCUT2D eigenvalue weighted by Crippen LogP contribution is 2.41. The maximum absolute atomic E-state index is 12.0. The predicted octanol–water partition coefficient (Wildman–Crippen LogP) is 5.35. The Hall–Kier alpha value is -2.14. The molecule has 0 aromatic heterocycles. The highest BCUT2D eigenvalue weighted by atomic mass is 31.2. The number of hydrogen-bond donors (Lipinski definition) is 3. The lowest BCUT2D eigenvalue weighted by Gasteiger charge is -2.12. The predicted molar refractivity (Wildman–Crippen MR) is 117 cm³/mol. The molecule has 0 spiro atoms. The SMILES string of the molecule is CCCCCCCCOc1ccc(Cc2cc(C(=O)P(=O)(O)O)c(C)cc2O)cc1. The summed E-state index contributed by atoms with van der Waals surface area (Å²) in [6.45, 7) is 4.41. The molecule has 0 bridgehead atoms. The molecule has 0 unspecified atom stereocenters. The minimum absolute atomic E-state index is 0.0156. The molecule has 2 rings (SSSR count). The Morgan fingerprint density at radius 2 is 1.63 bits per heavy atom. The van der Waals surface area contributed by atoms with E-state index in [-0.39, 0.29) is 11.3 Å². The van der Waals surface area contributed by atoms with Crippen LogP contribution in [0.1, 0.15) is 72.5 Å². The maximum atomic E-state index is 12.0. The maximum Gasteiger partial charge on any atom is 0.396 e. The second kappa shape index (κ2) is 11.3. The molecule has 30 heavy (non-hydrogen) atoms. The third kappa shape index (κ3) is 7.28. The Kier molecular flexibility index (Phi) is 9.09. The zero-order valence-corrected chi connectivity index (χ0v) is 18.5. The average molecular weight is 434 g/mol. The van der Waals surface area contributed by atoms with Crippen LogP contribution in [0.2, 0.25) is 0 Å². The van der Waals surface area contributed by atoms with Gasteiger partial charge in [0, 0.05) is 12.0 Å². The van der Waals surface area contributed by atoms with Crippen molar-refractivity contribution < 1.29 is 29.0 Å². The number of ether oxygens (including phenoxy) is 1. The number of unbranched alkanes of at least 4 members (excludes halogenated alkanes) is 5. The molecular formula is C23H31O6P. The number of benzene rings is 2. The molecule has 0 amide bonds. The Bertz CT molecular complexity index is 885. The highest BCUT2D eigenvalue weighted by Gasteiger charge is 2.29. The van der Waals surface area contributed by atoms with Crippen LogP contribution in [-0.2, 0) is 11.0 Å². The highest BCUT2D eigenvalue weighted by molar-refractivity contribution is 7.70. The normalized spacial score (nSPS) is 11.5. The molecule has 7 heteroatoms. The van der Waals surface area contributed by atoms with E-state index in [9.17, 15) is 24.3 Å². The van der Waals surface area contributed by atoms with Crippen molar-refractivity contribution in [3.63, 3.8) is 0 Å². The number of carbonyl (C=O) groups is 1. The third-order valence-electron chi connectivity index (χ3n) is 5.01. The monoisotopic (exact) mass is 434 g/mol. The zero-order chi connectivity index (χ0) is 22.1. The fourth-order valence-corrected chi connectivity index (χ4v) is 3.82. The molecule has 0 aliphatic heterocycles. The van der Waals surface area contributed by atoms with Crippen molar-refractivity contribution in [2.75, 3.05) is 6.61 Å². The van der Waals surface area contributed by atoms with E-state index in [1.807, 2.05) is 24.3 Å². The number of phenolic OH excluding ortho intramolecular Hbond substituents is 1. The minimum atomic E-state index is -4.89. The molecule has 0 radical (unpaired) electrons. The first-order valence-corrected chi connectivity index (χ1v) is 12.0. The smallest absolute Gasteiger partial charge is 0.396 e. The van der Waals surface area contributed by atoms with E-state index >= 15 is 0 Å². The third-order valence-corrected chi connectivity index (χ3v) is 5.78. The number of carbonyl (C=O) groups excluding carboxylic acids is 1. The number of phenols is 1. The van der Waals surface area contributed by atoms with Gasteiger partial charge in [-0.2, -0.15) is 0 Å². The van der Waals surface area contributed by atoms with E-state index in [0.717, 1.165) is 17.7 Å². The Balaban J connectivity index is 1.97. The topological polar surface area (TPSA) is 104 Å². The van der Waals surface area contributed by atoms with Gasteiger partial charge in [0.2, 0.25) is 0 Å². The summed E-state index contributed by atoms with van der Waals surface area (Å²) in [6, 6.07) is 10.2. The van der Waals surface area contributed by atoms with Gasteiger partial charge in [-0.3, -0.25) is 9.36 Å². The van der Waals surface area contributed by atoms with Gasteiger partial charge in [0.05, 0.1) is 6.61 Å². The van der Waals surface area contributed by atoms with Crippen LogP contribution in [0.15, 0.2) is 36.4 Å². The van der Waals surface area contributed by atoms with E-state index in [0.29, 0.717) is 24.2 Å². The van der Waals surface area contributed by atoms with Gasteiger partial charge in [0.15, 0.2) is 0 Å². The van der Waals surface area contributed by atoms with Gasteiger partial charge in [-0.25, -0.2) is 0 Å². The van der Waals surface area contributed by atoms with Gasteiger partial charge < -0.3 is 19.6 Å². The van der Waals surface area contributed by atoms with Crippen LogP contribution in [0.25, 0.3) is 0 Å². The van der Waals surface area contributed by atoms with Crippen molar-refractivity contribution >= 4 is 13.1 Å². The molecule has 0 fully saturated rings. The molecular weight excluding hydrogens is 403 g/mol.